The fourth-order valence-corrected chi connectivity index (χ4v) is 2.14. The zero-order valence-electron chi connectivity index (χ0n) is 9.25. The summed E-state index contributed by atoms with van der Waals surface area (Å²) in [6.45, 7) is 4.15. The van der Waals surface area contributed by atoms with Gasteiger partial charge in [-0.25, -0.2) is 4.79 Å². The third-order valence-electron chi connectivity index (χ3n) is 3.04. The van der Waals surface area contributed by atoms with E-state index in [-0.39, 0.29) is 5.97 Å². The van der Waals surface area contributed by atoms with Crippen LogP contribution >= 0.6 is 0 Å². The Bertz CT molecular complexity index is 384. The lowest BCUT2D eigenvalue weighted by Gasteiger charge is -2.23. The number of benzene rings is 1. The number of carbonyl (C=O) groups excluding carboxylic acids is 1. The highest BCUT2D eigenvalue weighted by Gasteiger charge is 2.40. The number of hydrogen-bond acceptors (Lipinski definition) is 2. The first-order valence-corrected chi connectivity index (χ1v) is 5.50. The highest BCUT2D eigenvalue weighted by molar-refractivity contribution is 5.94. The lowest BCUT2D eigenvalue weighted by molar-refractivity contribution is -0.00398. The third kappa shape index (κ3) is 1.65. The first-order chi connectivity index (χ1) is 7.17. The maximum absolute atomic E-state index is 11.6. The van der Waals surface area contributed by atoms with E-state index in [1.807, 2.05) is 31.2 Å². The van der Waals surface area contributed by atoms with E-state index in [0.29, 0.717) is 0 Å². The molecule has 0 radical (unpaired) electrons. The van der Waals surface area contributed by atoms with Crippen LogP contribution in [0.25, 0.3) is 0 Å². The predicted molar refractivity (Wildman–Crippen MR) is 58.7 cm³/mol. The molecule has 0 bridgehead atoms. The average molecular weight is 204 g/mol. The number of esters is 1. The zero-order chi connectivity index (χ0) is 10.9. The molecule has 0 aromatic heterocycles. The quantitative estimate of drug-likeness (QED) is 0.706. The second-order valence-corrected chi connectivity index (χ2v) is 4.27. The van der Waals surface area contributed by atoms with Crippen LogP contribution in [0.15, 0.2) is 24.3 Å². The van der Waals surface area contributed by atoms with Crippen LogP contribution in [0.3, 0.4) is 0 Å². The number of cyclic esters (lactones) is 1. The highest BCUT2D eigenvalue weighted by Crippen LogP contribution is 2.39. The highest BCUT2D eigenvalue weighted by atomic mass is 16.6. The van der Waals surface area contributed by atoms with Crippen molar-refractivity contribution in [3.8, 4) is 0 Å². The molecular weight excluding hydrogens is 188 g/mol. The van der Waals surface area contributed by atoms with Gasteiger partial charge in [-0.1, -0.05) is 31.5 Å². The SMILES string of the molecule is CCCC[C@@]1(C)OC(=O)c2ccccc21. The standard InChI is InChI=1S/C13H16O2/c1-3-4-9-13(2)11-8-6-5-7-10(11)12(14)15-13/h5-8H,3-4,9H2,1-2H3/t13-/m1/s1. The molecule has 0 amide bonds. The Morgan fingerprint density at radius 1 is 1.33 bits per heavy atom. The number of hydrogen-bond donors (Lipinski definition) is 0. The van der Waals surface area contributed by atoms with E-state index < -0.39 is 5.60 Å². The van der Waals surface area contributed by atoms with Gasteiger partial charge in [0.15, 0.2) is 0 Å². The average Bonchev–Trinajstić information content (AvgIpc) is 2.50. The molecule has 0 unspecified atom stereocenters. The van der Waals surface area contributed by atoms with E-state index in [1.165, 1.54) is 0 Å². The maximum atomic E-state index is 11.6. The molecule has 0 saturated heterocycles. The summed E-state index contributed by atoms with van der Waals surface area (Å²) in [6.07, 6.45) is 3.11. The van der Waals surface area contributed by atoms with Crippen molar-refractivity contribution in [1.82, 2.24) is 0 Å². The van der Waals surface area contributed by atoms with Gasteiger partial charge in [-0.15, -0.1) is 0 Å². The van der Waals surface area contributed by atoms with E-state index in [2.05, 4.69) is 6.92 Å². The lowest BCUT2D eigenvalue weighted by atomic mass is 9.89. The number of unbranched alkanes of at least 4 members (excludes halogenated alkanes) is 1. The van der Waals surface area contributed by atoms with E-state index >= 15 is 0 Å². The van der Waals surface area contributed by atoms with Gasteiger partial charge in [-0.05, 0) is 25.8 Å². The summed E-state index contributed by atoms with van der Waals surface area (Å²) >= 11 is 0. The van der Waals surface area contributed by atoms with Gasteiger partial charge in [0.25, 0.3) is 0 Å². The van der Waals surface area contributed by atoms with Gasteiger partial charge in [-0.3, -0.25) is 0 Å². The summed E-state index contributed by atoms with van der Waals surface area (Å²) in [5.74, 6) is -0.177. The Morgan fingerprint density at radius 2 is 2.07 bits per heavy atom. The van der Waals surface area contributed by atoms with Gasteiger partial charge in [0.1, 0.15) is 5.60 Å². The normalized spacial score (nSPS) is 23.7. The molecule has 1 aromatic rings. The van der Waals surface area contributed by atoms with Gasteiger partial charge >= 0.3 is 5.97 Å². The van der Waals surface area contributed by atoms with Crippen molar-refractivity contribution >= 4 is 5.97 Å². The Kier molecular flexibility index (Phi) is 2.51. The Morgan fingerprint density at radius 3 is 2.80 bits per heavy atom. The largest absolute Gasteiger partial charge is 0.451 e. The van der Waals surface area contributed by atoms with Gasteiger partial charge in [0.2, 0.25) is 0 Å². The van der Waals surface area contributed by atoms with Gasteiger partial charge in [0, 0.05) is 5.56 Å². The van der Waals surface area contributed by atoms with Crippen molar-refractivity contribution in [2.45, 2.75) is 38.7 Å². The van der Waals surface area contributed by atoms with Crippen LogP contribution in [-0.4, -0.2) is 5.97 Å². The molecular formula is C13H16O2. The molecule has 2 nitrogen and oxygen atoms in total. The van der Waals surface area contributed by atoms with Crippen LogP contribution in [-0.2, 0) is 10.3 Å². The number of ether oxygens (including phenoxy) is 1. The molecule has 0 fully saturated rings. The second kappa shape index (κ2) is 3.69. The van der Waals surface area contributed by atoms with Crippen LogP contribution in [0.2, 0.25) is 0 Å². The van der Waals surface area contributed by atoms with Gasteiger partial charge in [0.05, 0.1) is 5.56 Å². The predicted octanol–water partition coefficient (Wildman–Crippen LogP) is 3.26. The Balaban J connectivity index is 2.34. The van der Waals surface area contributed by atoms with Crippen molar-refractivity contribution in [2.24, 2.45) is 0 Å². The van der Waals surface area contributed by atoms with Crippen molar-refractivity contribution in [1.29, 1.82) is 0 Å². The molecule has 15 heavy (non-hydrogen) atoms. The van der Waals surface area contributed by atoms with E-state index in [9.17, 15) is 4.79 Å². The Hall–Kier alpha value is -1.31. The summed E-state index contributed by atoms with van der Waals surface area (Å²) in [7, 11) is 0. The van der Waals surface area contributed by atoms with Crippen LogP contribution in [0.5, 0.6) is 0 Å². The van der Waals surface area contributed by atoms with E-state index in [4.69, 9.17) is 4.74 Å². The number of carbonyl (C=O) groups is 1. The number of fused-ring (bicyclic) bond motifs is 1. The van der Waals surface area contributed by atoms with Gasteiger partial charge in [-0.2, -0.15) is 0 Å². The smallest absolute Gasteiger partial charge is 0.339 e. The summed E-state index contributed by atoms with van der Waals surface area (Å²) in [4.78, 5) is 11.6. The van der Waals surface area contributed by atoms with Crippen LogP contribution in [0.4, 0.5) is 0 Å². The minimum atomic E-state index is -0.399. The molecule has 0 aliphatic carbocycles. The lowest BCUT2D eigenvalue weighted by Crippen LogP contribution is -2.21. The molecule has 0 N–H and O–H groups in total. The summed E-state index contributed by atoms with van der Waals surface area (Å²) < 4.78 is 5.48. The van der Waals surface area contributed by atoms with Crippen LogP contribution < -0.4 is 0 Å². The minimum absolute atomic E-state index is 0.177. The molecule has 2 heteroatoms. The maximum Gasteiger partial charge on any atom is 0.339 e. The topological polar surface area (TPSA) is 26.3 Å². The fourth-order valence-electron chi connectivity index (χ4n) is 2.14. The van der Waals surface area contributed by atoms with Crippen molar-refractivity contribution in [3.63, 3.8) is 0 Å². The van der Waals surface area contributed by atoms with E-state index in [1.54, 1.807) is 0 Å². The van der Waals surface area contributed by atoms with E-state index in [0.717, 1.165) is 30.4 Å². The molecule has 1 aliphatic heterocycles. The van der Waals surface area contributed by atoms with Crippen molar-refractivity contribution in [2.75, 3.05) is 0 Å². The third-order valence-corrected chi connectivity index (χ3v) is 3.04. The first kappa shape index (κ1) is 10.2. The summed E-state index contributed by atoms with van der Waals surface area (Å²) in [5, 5.41) is 0. The molecule has 0 saturated carbocycles. The molecule has 80 valence electrons. The fraction of sp³-hybridized carbons (Fsp3) is 0.462. The summed E-state index contributed by atoms with van der Waals surface area (Å²) in [6, 6.07) is 7.68. The Labute approximate surface area is 90.3 Å². The molecule has 2 rings (SSSR count). The van der Waals surface area contributed by atoms with Crippen molar-refractivity contribution in [3.05, 3.63) is 35.4 Å². The second-order valence-electron chi connectivity index (χ2n) is 4.27. The first-order valence-electron chi connectivity index (χ1n) is 5.50. The number of rotatable bonds is 3. The molecule has 1 aliphatic rings. The zero-order valence-corrected chi connectivity index (χ0v) is 9.25. The van der Waals surface area contributed by atoms with Crippen molar-refractivity contribution < 1.29 is 9.53 Å². The van der Waals surface area contributed by atoms with Crippen LogP contribution in [0.1, 0.15) is 49.0 Å². The molecule has 1 atom stereocenters. The molecule has 1 aromatic carbocycles. The van der Waals surface area contributed by atoms with Crippen LogP contribution in [0, 0.1) is 0 Å². The molecule has 1 heterocycles. The van der Waals surface area contributed by atoms with Gasteiger partial charge < -0.3 is 4.74 Å². The molecule has 0 spiro atoms. The minimum Gasteiger partial charge on any atom is -0.451 e. The monoisotopic (exact) mass is 204 g/mol. The summed E-state index contributed by atoms with van der Waals surface area (Å²) in [5.41, 5.74) is 1.38.